The average Bonchev–Trinajstić information content (AvgIpc) is 3.72. The van der Waals surface area contributed by atoms with Crippen molar-refractivity contribution in [3.05, 3.63) is 119 Å². The van der Waals surface area contributed by atoms with Crippen molar-refractivity contribution in [1.82, 2.24) is 19.9 Å². The lowest BCUT2D eigenvalue weighted by molar-refractivity contribution is 0.101. The van der Waals surface area contributed by atoms with Gasteiger partial charge in [0.1, 0.15) is 0 Å². The van der Waals surface area contributed by atoms with Crippen molar-refractivity contribution in [1.29, 1.82) is 0 Å². The largest absolute Gasteiger partial charge is 0.324 e. The summed E-state index contributed by atoms with van der Waals surface area (Å²) in [6.07, 6.45) is 8.10. The summed E-state index contributed by atoms with van der Waals surface area (Å²) < 4.78 is 0. The van der Waals surface area contributed by atoms with E-state index in [1.807, 2.05) is 66.2 Å². The number of nitrogens with one attached hydrogen (secondary N) is 3. The van der Waals surface area contributed by atoms with Crippen LogP contribution in [-0.4, -0.2) is 31.8 Å². The number of hydrogen-bond donors (Lipinski definition) is 3. The number of anilines is 4. The maximum absolute atomic E-state index is 13.1. The van der Waals surface area contributed by atoms with Crippen molar-refractivity contribution < 1.29 is 9.59 Å². The van der Waals surface area contributed by atoms with Gasteiger partial charge >= 0.3 is 0 Å². The van der Waals surface area contributed by atoms with Crippen molar-refractivity contribution in [2.75, 3.05) is 16.0 Å². The van der Waals surface area contributed by atoms with Gasteiger partial charge in [0.25, 0.3) is 11.8 Å². The molecule has 0 aliphatic heterocycles. The van der Waals surface area contributed by atoms with Crippen LogP contribution >= 0.6 is 22.7 Å². The van der Waals surface area contributed by atoms with Crippen LogP contribution in [0, 0.1) is 6.92 Å². The van der Waals surface area contributed by atoms with Crippen molar-refractivity contribution in [2.45, 2.75) is 6.92 Å². The van der Waals surface area contributed by atoms with Crippen LogP contribution in [0.1, 0.15) is 26.3 Å². The van der Waals surface area contributed by atoms with E-state index in [9.17, 15) is 9.59 Å². The number of carbonyl (C=O) groups excluding carboxylic acids is 2. The van der Waals surface area contributed by atoms with Gasteiger partial charge in [0.15, 0.2) is 0 Å². The normalized spacial score (nSPS) is 10.7. The number of amides is 2. The molecule has 0 unspecified atom stereocenters. The molecule has 5 aromatic heterocycles. The fourth-order valence-electron chi connectivity index (χ4n) is 4.17. The Morgan fingerprint density at radius 2 is 1.69 bits per heavy atom. The van der Waals surface area contributed by atoms with Gasteiger partial charge < -0.3 is 16.0 Å². The van der Waals surface area contributed by atoms with Crippen LogP contribution in [0.15, 0.2) is 102 Å². The Bertz CT molecular complexity index is 1870. The lowest BCUT2D eigenvalue weighted by Gasteiger charge is -2.12. The number of benzene rings is 1. The van der Waals surface area contributed by atoms with Gasteiger partial charge in [0.05, 0.1) is 33.6 Å². The first-order chi connectivity index (χ1) is 20.5. The molecule has 206 valence electrons. The second-order valence-corrected chi connectivity index (χ2v) is 11.0. The monoisotopic (exact) mass is 589 g/mol. The fraction of sp³-hybridized carbons (Fsp3) is 0.0323. The molecule has 0 aliphatic rings. The molecule has 0 atom stereocenters. The minimum absolute atomic E-state index is 0.261. The van der Waals surface area contributed by atoms with Gasteiger partial charge in [-0.3, -0.25) is 19.6 Å². The van der Waals surface area contributed by atoms with Gasteiger partial charge in [-0.2, -0.15) is 0 Å². The lowest BCUT2D eigenvalue weighted by atomic mass is 10.1. The Balaban J connectivity index is 1.15. The molecule has 3 N–H and O–H groups in total. The van der Waals surface area contributed by atoms with Crippen LogP contribution < -0.4 is 16.0 Å². The van der Waals surface area contributed by atoms with E-state index in [0.29, 0.717) is 28.5 Å². The maximum Gasteiger partial charge on any atom is 0.257 e. The first kappa shape index (κ1) is 26.9. The highest BCUT2D eigenvalue weighted by molar-refractivity contribution is 7.20. The highest BCUT2D eigenvalue weighted by Gasteiger charge is 2.17. The number of aromatic nitrogens is 4. The zero-order chi connectivity index (χ0) is 28.9. The Kier molecular flexibility index (Phi) is 7.75. The van der Waals surface area contributed by atoms with Gasteiger partial charge in [-0.15, -0.1) is 22.7 Å². The third-order valence-corrected chi connectivity index (χ3v) is 8.23. The predicted molar refractivity (Wildman–Crippen MR) is 168 cm³/mol. The number of aryl methyl sites for hydroxylation is 1. The summed E-state index contributed by atoms with van der Waals surface area (Å²) in [5.74, 6) is -0.204. The van der Waals surface area contributed by atoms with E-state index in [1.54, 1.807) is 42.1 Å². The topological polar surface area (TPSA) is 122 Å². The molecule has 5 heterocycles. The van der Waals surface area contributed by atoms with Crippen LogP contribution in [0.4, 0.5) is 23.0 Å². The molecule has 0 saturated heterocycles. The second-order valence-electron chi connectivity index (χ2n) is 9.17. The molecule has 6 rings (SSSR count). The Morgan fingerprint density at radius 1 is 0.786 bits per heavy atom. The van der Waals surface area contributed by atoms with Crippen molar-refractivity contribution in [3.8, 4) is 21.0 Å². The summed E-state index contributed by atoms with van der Waals surface area (Å²) in [7, 11) is 0. The van der Waals surface area contributed by atoms with E-state index in [-0.39, 0.29) is 11.8 Å². The van der Waals surface area contributed by atoms with Gasteiger partial charge in [-0.1, -0.05) is 12.1 Å². The lowest BCUT2D eigenvalue weighted by Crippen LogP contribution is -2.15. The molecule has 0 spiro atoms. The molecule has 6 aromatic rings. The molecular weight excluding hydrogens is 567 g/mol. The number of rotatable bonds is 8. The van der Waals surface area contributed by atoms with Crippen LogP contribution in [0.3, 0.4) is 0 Å². The summed E-state index contributed by atoms with van der Waals surface area (Å²) in [5.41, 5.74) is 5.19. The number of carbonyl (C=O) groups is 2. The average molecular weight is 590 g/mol. The van der Waals surface area contributed by atoms with Crippen molar-refractivity contribution >= 4 is 57.5 Å². The molecule has 0 aliphatic carbocycles. The van der Waals surface area contributed by atoms with E-state index in [2.05, 4.69) is 35.9 Å². The molecule has 0 fully saturated rings. The van der Waals surface area contributed by atoms with E-state index in [1.165, 1.54) is 23.7 Å². The minimum Gasteiger partial charge on any atom is -0.324 e. The van der Waals surface area contributed by atoms with Crippen LogP contribution in [0.25, 0.3) is 21.0 Å². The number of thiophene rings is 2. The molecule has 9 nitrogen and oxygen atoms in total. The van der Waals surface area contributed by atoms with Crippen molar-refractivity contribution in [2.24, 2.45) is 0 Å². The third-order valence-electron chi connectivity index (χ3n) is 6.27. The Morgan fingerprint density at radius 3 is 2.52 bits per heavy atom. The van der Waals surface area contributed by atoms with E-state index in [4.69, 9.17) is 0 Å². The van der Waals surface area contributed by atoms with Gasteiger partial charge in [0, 0.05) is 46.6 Å². The van der Waals surface area contributed by atoms with E-state index < -0.39 is 0 Å². The summed E-state index contributed by atoms with van der Waals surface area (Å²) in [5, 5.41) is 12.9. The van der Waals surface area contributed by atoms with Crippen molar-refractivity contribution in [3.63, 3.8) is 0 Å². The fourth-order valence-corrected chi connectivity index (χ4v) is 5.95. The predicted octanol–water partition coefficient (Wildman–Crippen LogP) is 7.28. The molecule has 0 radical (unpaired) electrons. The molecular formula is C31H23N7O2S2. The first-order valence-corrected chi connectivity index (χ1v) is 14.6. The quantitative estimate of drug-likeness (QED) is 0.171. The Labute approximate surface area is 249 Å². The van der Waals surface area contributed by atoms with Crippen LogP contribution in [0.5, 0.6) is 0 Å². The van der Waals surface area contributed by atoms with Crippen LogP contribution in [0.2, 0.25) is 0 Å². The third kappa shape index (κ3) is 6.07. The van der Waals surface area contributed by atoms with E-state index >= 15 is 0 Å². The molecule has 2 amide bonds. The SMILES string of the molecule is Cc1ccc(NC(=O)c2cncc(NC(=O)c3ccsc3-c3cccs3)c2)cc1Nc1nccc(-c2cccnc2)n1. The smallest absolute Gasteiger partial charge is 0.257 e. The Hall–Kier alpha value is -5.26. The second kappa shape index (κ2) is 12.1. The maximum atomic E-state index is 13.1. The zero-order valence-electron chi connectivity index (χ0n) is 22.2. The number of hydrogen-bond acceptors (Lipinski definition) is 9. The summed E-state index contributed by atoms with van der Waals surface area (Å²) in [6.45, 7) is 1.95. The molecule has 0 saturated carbocycles. The van der Waals surface area contributed by atoms with Gasteiger partial charge in [-0.25, -0.2) is 9.97 Å². The van der Waals surface area contributed by atoms with Gasteiger partial charge in [-0.05, 0) is 71.8 Å². The first-order valence-electron chi connectivity index (χ1n) is 12.8. The van der Waals surface area contributed by atoms with Crippen LogP contribution in [-0.2, 0) is 0 Å². The summed E-state index contributed by atoms with van der Waals surface area (Å²) >= 11 is 3.09. The minimum atomic E-state index is -0.363. The highest BCUT2D eigenvalue weighted by atomic mass is 32.1. The standard InChI is InChI=1S/C31H23N7O2S2/c1-19-6-7-22(15-26(19)38-31-34-11-8-25(37-31)20-4-2-10-32-16-20)35-29(39)21-14-23(18-33-17-21)36-30(40)24-9-13-42-28(24)27-5-3-12-41-27/h2-18H,1H3,(H,35,39)(H,36,40)(H,34,37,38). The molecule has 42 heavy (non-hydrogen) atoms. The molecule has 11 heteroatoms. The summed E-state index contributed by atoms with van der Waals surface area (Å²) in [4.78, 5) is 45.4. The summed E-state index contributed by atoms with van der Waals surface area (Å²) in [6, 6.07) is 18.5. The molecule has 1 aromatic carbocycles. The van der Waals surface area contributed by atoms with Gasteiger partial charge in [0.2, 0.25) is 5.95 Å². The number of nitrogens with zero attached hydrogens (tertiary/aromatic N) is 4. The van der Waals surface area contributed by atoms with E-state index in [0.717, 1.165) is 32.3 Å². The zero-order valence-corrected chi connectivity index (χ0v) is 23.9. The number of pyridine rings is 2. The molecule has 0 bridgehead atoms. The highest BCUT2D eigenvalue weighted by Crippen LogP contribution is 2.33.